The molecule has 1 N–H and O–H groups in total. The summed E-state index contributed by atoms with van der Waals surface area (Å²) in [5.41, 5.74) is 4.31. The molecule has 0 radical (unpaired) electrons. The molecule has 4 heteroatoms. The predicted octanol–water partition coefficient (Wildman–Crippen LogP) is 2.81. The quantitative estimate of drug-likeness (QED) is 0.763. The smallest absolute Gasteiger partial charge is 0.113 e. The average Bonchev–Trinajstić information content (AvgIpc) is 2.81. The summed E-state index contributed by atoms with van der Waals surface area (Å²) in [6.07, 6.45) is 0. The minimum atomic E-state index is 0.616. The van der Waals surface area contributed by atoms with Crippen molar-refractivity contribution in [2.24, 2.45) is 0 Å². The lowest BCUT2D eigenvalue weighted by Crippen LogP contribution is -2.10. The van der Waals surface area contributed by atoms with Gasteiger partial charge in [0.05, 0.1) is 5.52 Å². The maximum atomic E-state index is 4.14. The number of anilines is 1. The molecule has 0 amide bonds. The molecule has 3 rings (SSSR count). The summed E-state index contributed by atoms with van der Waals surface area (Å²) in [7, 11) is 0. The lowest BCUT2D eigenvalue weighted by atomic mass is 10.2. The second kappa shape index (κ2) is 4.49. The molecule has 0 aliphatic rings. The van der Waals surface area contributed by atoms with Gasteiger partial charge in [0.15, 0.2) is 0 Å². The van der Waals surface area contributed by atoms with E-state index in [2.05, 4.69) is 34.7 Å². The fourth-order valence-corrected chi connectivity index (χ4v) is 1.97. The van der Waals surface area contributed by atoms with E-state index in [9.17, 15) is 0 Å². The van der Waals surface area contributed by atoms with Crippen molar-refractivity contribution < 1.29 is 0 Å². The van der Waals surface area contributed by atoms with E-state index < -0.39 is 0 Å². The van der Waals surface area contributed by atoms with Crippen molar-refractivity contribution in [3.8, 4) is 0 Å². The Kier molecular flexibility index (Phi) is 2.68. The van der Waals surface area contributed by atoms with Gasteiger partial charge in [0.1, 0.15) is 12.2 Å². The van der Waals surface area contributed by atoms with Gasteiger partial charge in [0.2, 0.25) is 0 Å². The predicted molar refractivity (Wildman–Crippen MR) is 72.3 cm³/mol. The van der Waals surface area contributed by atoms with Crippen LogP contribution in [0, 0.1) is 6.92 Å². The molecule has 2 aromatic carbocycles. The van der Waals surface area contributed by atoms with Gasteiger partial charge in [-0.2, -0.15) is 0 Å². The highest BCUT2D eigenvalue weighted by molar-refractivity contribution is 5.73. The minimum Gasteiger partial charge on any atom is -0.366 e. The average molecular weight is 238 g/mol. The standard InChI is InChI=1S/C14H14N4/c1-11-6-2-3-7-12(11)15-10-18-14-9-5-4-8-13(14)16-17-18/h2-9,15H,10H2,1H3. The van der Waals surface area contributed by atoms with E-state index >= 15 is 0 Å². The number of hydrogen-bond donors (Lipinski definition) is 1. The number of aromatic nitrogens is 3. The van der Waals surface area contributed by atoms with E-state index in [0.29, 0.717) is 6.67 Å². The molecule has 4 nitrogen and oxygen atoms in total. The summed E-state index contributed by atoms with van der Waals surface area (Å²) < 4.78 is 1.86. The number of fused-ring (bicyclic) bond motifs is 1. The summed E-state index contributed by atoms with van der Waals surface area (Å²) in [5.74, 6) is 0. The Labute approximate surface area is 105 Å². The molecule has 0 fully saturated rings. The third-order valence-corrected chi connectivity index (χ3v) is 2.98. The lowest BCUT2D eigenvalue weighted by molar-refractivity contribution is 0.655. The molecule has 0 atom stereocenters. The van der Waals surface area contributed by atoms with Gasteiger partial charge >= 0.3 is 0 Å². The third-order valence-electron chi connectivity index (χ3n) is 2.98. The Morgan fingerprint density at radius 1 is 1.06 bits per heavy atom. The maximum absolute atomic E-state index is 4.14. The van der Waals surface area contributed by atoms with Crippen LogP contribution in [0.5, 0.6) is 0 Å². The topological polar surface area (TPSA) is 42.7 Å². The van der Waals surface area contributed by atoms with Crippen LogP contribution in [0.1, 0.15) is 5.56 Å². The highest BCUT2D eigenvalue weighted by Crippen LogP contribution is 2.14. The molecule has 1 heterocycles. The molecule has 0 saturated heterocycles. The largest absolute Gasteiger partial charge is 0.366 e. The first kappa shape index (κ1) is 10.8. The number of nitrogens with zero attached hydrogens (tertiary/aromatic N) is 3. The molecule has 0 bridgehead atoms. The van der Waals surface area contributed by atoms with Crippen molar-refractivity contribution in [2.45, 2.75) is 13.6 Å². The summed E-state index contributed by atoms with van der Waals surface area (Å²) in [4.78, 5) is 0. The van der Waals surface area contributed by atoms with Crippen LogP contribution in [0.4, 0.5) is 5.69 Å². The normalized spacial score (nSPS) is 10.7. The SMILES string of the molecule is Cc1ccccc1NCn1nnc2ccccc21. The minimum absolute atomic E-state index is 0.616. The molecule has 0 spiro atoms. The molecular formula is C14H14N4. The van der Waals surface area contributed by atoms with Gasteiger partial charge in [-0.15, -0.1) is 5.10 Å². The Bertz CT molecular complexity index is 672. The second-order valence-electron chi connectivity index (χ2n) is 4.23. The Morgan fingerprint density at radius 2 is 1.83 bits per heavy atom. The first-order valence-electron chi connectivity index (χ1n) is 5.92. The van der Waals surface area contributed by atoms with E-state index in [1.54, 1.807) is 0 Å². The Hall–Kier alpha value is -2.36. The lowest BCUT2D eigenvalue weighted by Gasteiger charge is -2.09. The first-order chi connectivity index (χ1) is 8.84. The van der Waals surface area contributed by atoms with Crippen molar-refractivity contribution in [1.82, 2.24) is 15.0 Å². The zero-order chi connectivity index (χ0) is 12.4. The highest BCUT2D eigenvalue weighted by atomic mass is 15.4. The second-order valence-corrected chi connectivity index (χ2v) is 4.23. The van der Waals surface area contributed by atoms with Crippen LogP contribution < -0.4 is 5.32 Å². The number of hydrogen-bond acceptors (Lipinski definition) is 3. The van der Waals surface area contributed by atoms with Crippen molar-refractivity contribution in [2.75, 3.05) is 5.32 Å². The van der Waals surface area contributed by atoms with Crippen molar-refractivity contribution in [3.63, 3.8) is 0 Å². The number of para-hydroxylation sites is 2. The van der Waals surface area contributed by atoms with Gasteiger partial charge in [0, 0.05) is 5.69 Å². The zero-order valence-corrected chi connectivity index (χ0v) is 10.2. The van der Waals surface area contributed by atoms with Crippen LogP contribution in [0.3, 0.4) is 0 Å². The first-order valence-corrected chi connectivity index (χ1v) is 5.92. The van der Waals surface area contributed by atoms with Gasteiger partial charge < -0.3 is 5.32 Å². The molecule has 0 aliphatic carbocycles. The van der Waals surface area contributed by atoms with E-state index in [-0.39, 0.29) is 0 Å². The Balaban J connectivity index is 1.83. The number of benzene rings is 2. The number of nitrogens with one attached hydrogen (secondary N) is 1. The maximum Gasteiger partial charge on any atom is 0.113 e. The van der Waals surface area contributed by atoms with Crippen LogP contribution in [-0.4, -0.2) is 15.0 Å². The van der Waals surface area contributed by atoms with Gasteiger partial charge in [-0.3, -0.25) is 0 Å². The summed E-state index contributed by atoms with van der Waals surface area (Å²) in [6, 6.07) is 16.2. The summed E-state index contributed by atoms with van der Waals surface area (Å²) >= 11 is 0. The third kappa shape index (κ3) is 1.93. The summed E-state index contributed by atoms with van der Waals surface area (Å²) in [6.45, 7) is 2.70. The highest BCUT2D eigenvalue weighted by Gasteiger charge is 2.03. The van der Waals surface area contributed by atoms with E-state index in [1.165, 1.54) is 5.56 Å². The summed E-state index contributed by atoms with van der Waals surface area (Å²) in [5, 5.41) is 11.6. The number of rotatable bonds is 3. The molecule has 18 heavy (non-hydrogen) atoms. The molecule has 0 unspecified atom stereocenters. The van der Waals surface area contributed by atoms with Gasteiger partial charge in [-0.1, -0.05) is 35.5 Å². The molecule has 1 aromatic heterocycles. The molecule has 0 aliphatic heterocycles. The van der Waals surface area contributed by atoms with Gasteiger partial charge in [-0.25, -0.2) is 4.68 Å². The van der Waals surface area contributed by atoms with Gasteiger partial charge in [-0.05, 0) is 30.7 Å². The fraction of sp³-hybridized carbons (Fsp3) is 0.143. The van der Waals surface area contributed by atoms with Crippen LogP contribution >= 0.6 is 0 Å². The molecule has 90 valence electrons. The van der Waals surface area contributed by atoms with E-state index in [1.807, 2.05) is 41.1 Å². The Morgan fingerprint density at radius 3 is 2.72 bits per heavy atom. The van der Waals surface area contributed by atoms with E-state index in [0.717, 1.165) is 16.7 Å². The van der Waals surface area contributed by atoms with Crippen LogP contribution in [-0.2, 0) is 6.67 Å². The van der Waals surface area contributed by atoms with Crippen LogP contribution in [0.25, 0.3) is 11.0 Å². The van der Waals surface area contributed by atoms with Crippen LogP contribution in [0.2, 0.25) is 0 Å². The van der Waals surface area contributed by atoms with Crippen molar-refractivity contribution in [3.05, 3.63) is 54.1 Å². The fourth-order valence-electron chi connectivity index (χ4n) is 1.97. The monoisotopic (exact) mass is 238 g/mol. The molecular weight excluding hydrogens is 224 g/mol. The van der Waals surface area contributed by atoms with Gasteiger partial charge in [0.25, 0.3) is 0 Å². The molecule has 3 aromatic rings. The zero-order valence-electron chi connectivity index (χ0n) is 10.2. The van der Waals surface area contributed by atoms with Crippen LogP contribution in [0.15, 0.2) is 48.5 Å². The molecule has 0 saturated carbocycles. The van der Waals surface area contributed by atoms with Crippen molar-refractivity contribution in [1.29, 1.82) is 0 Å². The van der Waals surface area contributed by atoms with E-state index in [4.69, 9.17) is 0 Å². The van der Waals surface area contributed by atoms with Crippen molar-refractivity contribution >= 4 is 16.7 Å². The number of aryl methyl sites for hydroxylation is 1.